The topological polar surface area (TPSA) is 65.4 Å². The first-order valence-electron chi connectivity index (χ1n) is 6.36. The normalized spacial score (nSPS) is 17.8. The van der Waals surface area contributed by atoms with Crippen LogP contribution >= 0.6 is 12.4 Å². The lowest BCUT2D eigenvalue weighted by Gasteiger charge is -2.34. The van der Waals surface area contributed by atoms with Gasteiger partial charge in [-0.25, -0.2) is 4.79 Å². The van der Waals surface area contributed by atoms with Crippen molar-refractivity contribution >= 4 is 18.5 Å². The maximum atomic E-state index is 12.0. The van der Waals surface area contributed by atoms with Crippen LogP contribution < -0.4 is 5.32 Å². The van der Waals surface area contributed by atoms with Crippen molar-refractivity contribution in [2.45, 2.75) is 19.1 Å². The Bertz CT molecular complexity index is 461. The molecular formula is C14H18ClN3O2. The zero-order chi connectivity index (χ0) is 13.5. The lowest BCUT2D eigenvalue weighted by molar-refractivity contribution is 0.0731. The quantitative estimate of drug-likeness (QED) is 0.925. The van der Waals surface area contributed by atoms with Gasteiger partial charge in [0.05, 0.1) is 18.5 Å². The predicted octanol–water partition coefficient (Wildman–Crippen LogP) is 1.93. The number of nitrogens with one attached hydrogen (secondary N) is 1. The van der Waals surface area contributed by atoms with Crippen LogP contribution in [-0.4, -0.2) is 36.7 Å². The summed E-state index contributed by atoms with van der Waals surface area (Å²) in [6.45, 7) is 2.24. The van der Waals surface area contributed by atoms with Gasteiger partial charge in [0.1, 0.15) is 6.61 Å². The van der Waals surface area contributed by atoms with E-state index in [1.54, 1.807) is 4.90 Å². The number of hydrogen-bond acceptors (Lipinski definition) is 4. The van der Waals surface area contributed by atoms with E-state index in [-0.39, 0.29) is 31.1 Å². The van der Waals surface area contributed by atoms with Crippen LogP contribution in [0.15, 0.2) is 30.3 Å². The van der Waals surface area contributed by atoms with Gasteiger partial charge in [-0.1, -0.05) is 30.3 Å². The van der Waals surface area contributed by atoms with Gasteiger partial charge >= 0.3 is 6.09 Å². The van der Waals surface area contributed by atoms with Gasteiger partial charge in [-0.2, -0.15) is 5.26 Å². The lowest BCUT2D eigenvalue weighted by atomic mass is 10.1. The third-order valence-corrected chi connectivity index (χ3v) is 3.12. The summed E-state index contributed by atoms with van der Waals surface area (Å²) in [6.07, 6.45) is -0.0152. The number of rotatable bonds is 3. The van der Waals surface area contributed by atoms with Crippen molar-refractivity contribution in [3.05, 3.63) is 35.9 Å². The van der Waals surface area contributed by atoms with Crippen molar-refractivity contribution in [3.63, 3.8) is 0 Å². The molecule has 1 aromatic rings. The van der Waals surface area contributed by atoms with E-state index >= 15 is 0 Å². The van der Waals surface area contributed by atoms with Crippen LogP contribution in [0.3, 0.4) is 0 Å². The molecule has 0 aromatic heterocycles. The van der Waals surface area contributed by atoms with Gasteiger partial charge in [0.25, 0.3) is 0 Å². The molecule has 1 N–H and O–H groups in total. The molecule has 0 spiro atoms. The highest BCUT2D eigenvalue weighted by atomic mass is 35.5. The second-order valence-electron chi connectivity index (χ2n) is 4.45. The van der Waals surface area contributed by atoms with E-state index in [9.17, 15) is 4.79 Å². The van der Waals surface area contributed by atoms with E-state index in [4.69, 9.17) is 10.00 Å². The van der Waals surface area contributed by atoms with Gasteiger partial charge in [-0.3, -0.25) is 0 Å². The zero-order valence-corrected chi connectivity index (χ0v) is 11.9. The Labute approximate surface area is 124 Å². The van der Waals surface area contributed by atoms with Gasteiger partial charge in [-0.15, -0.1) is 12.4 Å². The van der Waals surface area contributed by atoms with Crippen LogP contribution in [0.2, 0.25) is 0 Å². The molecular weight excluding hydrogens is 278 g/mol. The fourth-order valence-electron chi connectivity index (χ4n) is 2.09. The molecule has 1 atom stereocenters. The summed E-state index contributed by atoms with van der Waals surface area (Å²) in [5.74, 6) is 0. The first kappa shape index (κ1) is 16.3. The summed E-state index contributed by atoms with van der Waals surface area (Å²) in [7, 11) is 0. The van der Waals surface area contributed by atoms with Gasteiger partial charge < -0.3 is 15.0 Å². The summed E-state index contributed by atoms with van der Waals surface area (Å²) in [4.78, 5) is 13.7. The van der Waals surface area contributed by atoms with Crippen molar-refractivity contribution in [1.82, 2.24) is 10.2 Å². The molecule has 1 saturated heterocycles. The molecule has 0 saturated carbocycles. The predicted molar refractivity (Wildman–Crippen MR) is 77.5 cm³/mol. The van der Waals surface area contributed by atoms with Crippen LogP contribution in [0.4, 0.5) is 4.79 Å². The molecule has 0 bridgehead atoms. The number of amides is 1. The average molecular weight is 296 g/mol. The minimum absolute atomic E-state index is 0. The largest absolute Gasteiger partial charge is 0.445 e. The molecule has 1 aliphatic heterocycles. The van der Waals surface area contributed by atoms with Crippen LogP contribution in [0, 0.1) is 11.3 Å². The molecule has 1 aromatic carbocycles. The first-order valence-corrected chi connectivity index (χ1v) is 6.36. The number of hydrogen-bond donors (Lipinski definition) is 1. The fourth-order valence-corrected chi connectivity index (χ4v) is 2.09. The fraction of sp³-hybridized carbons (Fsp3) is 0.429. The highest BCUT2D eigenvalue weighted by Gasteiger charge is 2.27. The SMILES string of the molecule is Cl.N#CCC1CNCCN1C(=O)OCc1ccccc1. The van der Waals surface area contributed by atoms with Gasteiger partial charge in [0.15, 0.2) is 0 Å². The molecule has 1 unspecified atom stereocenters. The number of carbonyl (C=O) groups excluding carboxylic acids is 1. The third kappa shape index (κ3) is 4.41. The average Bonchev–Trinajstić information content (AvgIpc) is 2.47. The number of nitrogens with zero attached hydrogens (tertiary/aromatic N) is 2. The molecule has 1 amide bonds. The molecule has 1 aliphatic rings. The number of carbonyl (C=O) groups is 1. The van der Waals surface area contributed by atoms with E-state index in [0.717, 1.165) is 12.1 Å². The molecule has 0 aliphatic carbocycles. The zero-order valence-electron chi connectivity index (χ0n) is 11.1. The van der Waals surface area contributed by atoms with Crippen molar-refractivity contribution in [2.24, 2.45) is 0 Å². The Morgan fingerprint density at radius 2 is 2.20 bits per heavy atom. The summed E-state index contributed by atoms with van der Waals surface area (Å²) >= 11 is 0. The summed E-state index contributed by atoms with van der Waals surface area (Å²) in [5, 5.41) is 11.9. The highest BCUT2D eigenvalue weighted by Crippen LogP contribution is 2.10. The van der Waals surface area contributed by atoms with Crippen molar-refractivity contribution < 1.29 is 9.53 Å². The Morgan fingerprint density at radius 1 is 1.45 bits per heavy atom. The second-order valence-corrected chi connectivity index (χ2v) is 4.45. The van der Waals surface area contributed by atoms with E-state index < -0.39 is 0 Å². The monoisotopic (exact) mass is 295 g/mol. The molecule has 1 fully saturated rings. The van der Waals surface area contributed by atoms with E-state index in [1.165, 1.54) is 0 Å². The Hall–Kier alpha value is -1.77. The summed E-state index contributed by atoms with van der Waals surface area (Å²) < 4.78 is 5.29. The molecule has 5 nitrogen and oxygen atoms in total. The summed E-state index contributed by atoms with van der Waals surface area (Å²) in [5.41, 5.74) is 0.961. The van der Waals surface area contributed by atoms with Crippen molar-refractivity contribution in [2.75, 3.05) is 19.6 Å². The lowest BCUT2D eigenvalue weighted by Crippen LogP contribution is -2.53. The molecule has 1 heterocycles. The molecule has 20 heavy (non-hydrogen) atoms. The first-order chi connectivity index (χ1) is 9.31. The van der Waals surface area contributed by atoms with Crippen LogP contribution in [0.25, 0.3) is 0 Å². The summed E-state index contributed by atoms with van der Waals surface area (Å²) in [6, 6.07) is 11.6. The smallest absolute Gasteiger partial charge is 0.410 e. The maximum Gasteiger partial charge on any atom is 0.410 e. The standard InChI is InChI=1S/C14H17N3O2.ClH/c15-7-6-13-10-16-8-9-17(13)14(18)19-11-12-4-2-1-3-5-12;/h1-5,13,16H,6,8-11H2;1H. The van der Waals surface area contributed by atoms with E-state index in [2.05, 4.69) is 11.4 Å². The Morgan fingerprint density at radius 3 is 2.90 bits per heavy atom. The molecule has 6 heteroatoms. The molecule has 0 radical (unpaired) electrons. The number of halogens is 1. The highest BCUT2D eigenvalue weighted by molar-refractivity contribution is 5.85. The molecule has 108 valence electrons. The minimum Gasteiger partial charge on any atom is -0.445 e. The Balaban J connectivity index is 0.00000200. The number of nitriles is 1. The number of ether oxygens (including phenoxy) is 1. The van der Waals surface area contributed by atoms with E-state index in [1.807, 2.05) is 30.3 Å². The van der Waals surface area contributed by atoms with Crippen LogP contribution in [-0.2, 0) is 11.3 Å². The number of piperazine rings is 1. The minimum atomic E-state index is -0.342. The second kappa shape index (κ2) is 8.41. The molecule has 2 rings (SSSR count). The van der Waals surface area contributed by atoms with Gasteiger partial charge in [-0.05, 0) is 5.56 Å². The van der Waals surface area contributed by atoms with Crippen LogP contribution in [0.5, 0.6) is 0 Å². The maximum absolute atomic E-state index is 12.0. The van der Waals surface area contributed by atoms with Gasteiger partial charge in [0, 0.05) is 19.6 Å². The number of benzene rings is 1. The van der Waals surface area contributed by atoms with E-state index in [0.29, 0.717) is 19.5 Å². The third-order valence-electron chi connectivity index (χ3n) is 3.12. The Kier molecular flexibility index (Phi) is 6.85. The van der Waals surface area contributed by atoms with Crippen molar-refractivity contribution in [1.29, 1.82) is 5.26 Å². The van der Waals surface area contributed by atoms with Gasteiger partial charge in [0.2, 0.25) is 0 Å². The van der Waals surface area contributed by atoms with Crippen molar-refractivity contribution in [3.8, 4) is 6.07 Å². The van der Waals surface area contributed by atoms with Crippen LogP contribution in [0.1, 0.15) is 12.0 Å².